The van der Waals surface area contributed by atoms with E-state index in [1.807, 2.05) is 19.1 Å². The summed E-state index contributed by atoms with van der Waals surface area (Å²) in [5.74, 6) is -0.870. The normalized spacial score (nSPS) is 12.0. The molecule has 1 N–H and O–H groups in total. The summed E-state index contributed by atoms with van der Waals surface area (Å²) < 4.78 is 28.5. The van der Waals surface area contributed by atoms with Crippen molar-refractivity contribution in [2.75, 3.05) is 17.4 Å². The molecule has 0 aliphatic carbocycles. The molecule has 0 aliphatic heterocycles. The van der Waals surface area contributed by atoms with Gasteiger partial charge in [0, 0.05) is 18.1 Å². The lowest BCUT2D eigenvalue weighted by molar-refractivity contribution is -0.139. The third-order valence-electron chi connectivity index (χ3n) is 6.06. The second-order valence-corrected chi connectivity index (χ2v) is 10.8. The summed E-state index contributed by atoms with van der Waals surface area (Å²) in [7, 11) is -4.08. The molecule has 1 unspecified atom stereocenters. The molecule has 0 spiro atoms. The van der Waals surface area contributed by atoms with Gasteiger partial charge in [-0.15, -0.1) is 0 Å². The van der Waals surface area contributed by atoms with E-state index in [-0.39, 0.29) is 17.3 Å². The van der Waals surface area contributed by atoms with Crippen LogP contribution in [-0.2, 0) is 32.6 Å². The van der Waals surface area contributed by atoms with Crippen molar-refractivity contribution in [2.45, 2.75) is 44.7 Å². The van der Waals surface area contributed by atoms with E-state index in [9.17, 15) is 18.0 Å². The van der Waals surface area contributed by atoms with Crippen LogP contribution < -0.4 is 9.62 Å². The zero-order chi connectivity index (χ0) is 27.0. The van der Waals surface area contributed by atoms with Crippen molar-refractivity contribution in [1.82, 2.24) is 10.2 Å². The number of carbonyl (C=O) groups is 2. The molecule has 37 heavy (non-hydrogen) atoms. The van der Waals surface area contributed by atoms with Gasteiger partial charge in [-0.1, -0.05) is 67.1 Å². The van der Waals surface area contributed by atoms with Gasteiger partial charge in [0.1, 0.15) is 12.6 Å². The van der Waals surface area contributed by atoms with Crippen LogP contribution in [0.2, 0.25) is 5.02 Å². The Morgan fingerprint density at radius 2 is 1.54 bits per heavy atom. The minimum Gasteiger partial charge on any atom is -0.355 e. The first kappa shape index (κ1) is 28.2. The van der Waals surface area contributed by atoms with Crippen molar-refractivity contribution in [3.63, 3.8) is 0 Å². The molecule has 0 radical (unpaired) electrons. The van der Waals surface area contributed by atoms with Gasteiger partial charge in [-0.2, -0.15) is 0 Å². The molecule has 3 aromatic carbocycles. The number of rotatable bonds is 11. The average molecular weight is 542 g/mol. The van der Waals surface area contributed by atoms with E-state index in [2.05, 4.69) is 5.32 Å². The predicted octanol–water partition coefficient (Wildman–Crippen LogP) is 4.65. The molecule has 0 bridgehead atoms. The minimum absolute atomic E-state index is 0.0464. The summed E-state index contributed by atoms with van der Waals surface area (Å²) in [6.07, 6.45) is 0.792. The van der Waals surface area contributed by atoms with Crippen LogP contribution in [0.5, 0.6) is 0 Å². The smallest absolute Gasteiger partial charge is 0.264 e. The lowest BCUT2D eigenvalue weighted by Gasteiger charge is -2.32. The van der Waals surface area contributed by atoms with Crippen LogP contribution in [0.15, 0.2) is 83.8 Å². The second kappa shape index (κ2) is 12.7. The number of carbonyl (C=O) groups excluding carboxylic acids is 2. The number of sulfonamides is 1. The Morgan fingerprint density at radius 1 is 0.919 bits per heavy atom. The molecule has 0 aliphatic rings. The van der Waals surface area contributed by atoms with Gasteiger partial charge in [0.25, 0.3) is 10.0 Å². The standard InChI is InChI=1S/C28H32ClN3O4S/c1-4-22-15-17-24(18-16-22)32(37(35,36)25-12-7-6-8-13-25)20-27(33)31(21(3)28(34)30-5-2)19-23-11-9-10-14-26(23)29/h6-18,21H,4-5,19-20H2,1-3H3,(H,30,34). The van der Waals surface area contributed by atoms with E-state index in [1.54, 1.807) is 68.4 Å². The van der Waals surface area contributed by atoms with Crippen molar-refractivity contribution in [3.05, 3.63) is 95.0 Å². The Kier molecular flexibility index (Phi) is 9.72. The van der Waals surface area contributed by atoms with Crippen LogP contribution in [-0.4, -0.2) is 44.3 Å². The summed E-state index contributed by atoms with van der Waals surface area (Å²) >= 11 is 6.36. The molecule has 7 nitrogen and oxygen atoms in total. The topological polar surface area (TPSA) is 86.8 Å². The lowest BCUT2D eigenvalue weighted by Crippen LogP contribution is -2.51. The Morgan fingerprint density at radius 3 is 2.14 bits per heavy atom. The van der Waals surface area contributed by atoms with Gasteiger partial charge in [-0.25, -0.2) is 8.42 Å². The molecular weight excluding hydrogens is 510 g/mol. The van der Waals surface area contributed by atoms with E-state index in [0.29, 0.717) is 22.8 Å². The Labute approximate surface area is 224 Å². The highest BCUT2D eigenvalue weighted by Gasteiger charge is 2.32. The Bertz CT molecular complexity index is 1310. The first-order valence-electron chi connectivity index (χ1n) is 12.2. The second-order valence-electron chi connectivity index (χ2n) is 8.53. The fourth-order valence-electron chi connectivity index (χ4n) is 3.86. The van der Waals surface area contributed by atoms with Gasteiger partial charge in [0.2, 0.25) is 11.8 Å². The fourth-order valence-corrected chi connectivity index (χ4v) is 5.49. The van der Waals surface area contributed by atoms with Crippen molar-refractivity contribution in [1.29, 1.82) is 0 Å². The fraction of sp³-hybridized carbons (Fsp3) is 0.286. The average Bonchev–Trinajstić information content (AvgIpc) is 2.91. The van der Waals surface area contributed by atoms with Crippen molar-refractivity contribution in [2.24, 2.45) is 0 Å². The summed E-state index contributed by atoms with van der Waals surface area (Å²) in [6.45, 7) is 5.37. The molecule has 0 heterocycles. The minimum atomic E-state index is -4.08. The molecule has 0 saturated carbocycles. The van der Waals surface area contributed by atoms with Gasteiger partial charge in [-0.05, 0) is 61.7 Å². The molecular formula is C28H32ClN3O4S. The summed E-state index contributed by atoms with van der Waals surface area (Å²) in [5, 5.41) is 3.19. The van der Waals surface area contributed by atoms with Gasteiger partial charge < -0.3 is 10.2 Å². The third kappa shape index (κ3) is 6.90. The number of aryl methyl sites for hydroxylation is 1. The lowest BCUT2D eigenvalue weighted by atomic mass is 10.1. The summed E-state index contributed by atoms with van der Waals surface area (Å²) in [6, 6.07) is 21.2. The molecule has 3 rings (SSSR count). The van der Waals surface area contributed by atoms with E-state index in [4.69, 9.17) is 11.6 Å². The maximum atomic E-state index is 13.8. The first-order valence-corrected chi connectivity index (χ1v) is 14.0. The third-order valence-corrected chi connectivity index (χ3v) is 8.22. The molecule has 2 amide bonds. The van der Waals surface area contributed by atoms with Crippen LogP contribution in [0.4, 0.5) is 5.69 Å². The molecule has 1 atom stereocenters. The quantitative estimate of drug-likeness (QED) is 0.383. The van der Waals surface area contributed by atoms with Gasteiger partial charge in [0.05, 0.1) is 10.6 Å². The van der Waals surface area contributed by atoms with Gasteiger partial charge in [0.15, 0.2) is 0 Å². The number of likely N-dealkylation sites (N-methyl/N-ethyl adjacent to an activating group) is 1. The number of halogens is 1. The first-order chi connectivity index (χ1) is 17.7. The molecule has 3 aromatic rings. The Hall–Kier alpha value is -3.36. The van der Waals surface area contributed by atoms with E-state index in [0.717, 1.165) is 16.3 Å². The SMILES string of the molecule is CCNC(=O)C(C)N(Cc1ccccc1Cl)C(=O)CN(c1ccc(CC)cc1)S(=O)(=O)c1ccccc1. The molecule has 0 aromatic heterocycles. The summed E-state index contributed by atoms with van der Waals surface area (Å²) in [4.78, 5) is 28.0. The molecule has 9 heteroatoms. The number of hydrogen-bond acceptors (Lipinski definition) is 4. The number of nitrogens with one attached hydrogen (secondary N) is 1. The van der Waals surface area contributed by atoms with E-state index in [1.165, 1.54) is 17.0 Å². The van der Waals surface area contributed by atoms with Gasteiger partial charge in [-0.3, -0.25) is 13.9 Å². The van der Waals surface area contributed by atoms with Crippen LogP contribution in [0.3, 0.4) is 0 Å². The zero-order valence-corrected chi connectivity index (χ0v) is 22.8. The maximum absolute atomic E-state index is 13.8. The summed E-state index contributed by atoms with van der Waals surface area (Å²) in [5.41, 5.74) is 2.05. The molecule has 0 saturated heterocycles. The van der Waals surface area contributed by atoms with Gasteiger partial charge >= 0.3 is 0 Å². The number of anilines is 1. The van der Waals surface area contributed by atoms with E-state index < -0.39 is 28.5 Å². The predicted molar refractivity (Wildman–Crippen MR) is 147 cm³/mol. The Balaban J connectivity index is 2.03. The molecule has 196 valence electrons. The van der Waals surface area contributed by atoms with Crippen LogP contribution in [0.25, 0.3) is 0 Å². The molecule has 0 fully saturated rings. The highest BCUT2D eigenvalue weighted by Crippen LogP contribution is 2.26. The van der Waals surface area contributed by atoms with Crippen LogP contribution in [0.1, 0.15) is 31.9 Å². The largest absolute Gasteiger partial charge is 0.355 e. The van der Waals surface area contributed by atoms with Crippen LogP contribution in [0, 0.1) is 0 Å². The maximum Gasteiger partial charge on any atom is 0.264 e. The highest BCUT2D eigenvalue weighted by molar-refractivity contribution is 7.92. The monoisotopic (exact) mass is 541 g/mol. The van der Waals surface area contributed by atoms with Crippen molar-refractivity contribution >= 4 is 39.1 Å². The number of hydrogen-bond donors (Lipinski definition) is 1. The van der Waals surface area contributed by atoms with Crippen molar-refractivity contribution in [3.8, 4) is 0 Å². The van der Waals surface area contributed by atoms with Crippen LogP contribution >= 0.6 is 11.6 Å². The number of nitrogens with zero attached hydrogens (tertiary/aromatic N) is 2. The van der Waals surface area contributed by atoms with E-state index >= 15 is 0 Å². The number of benzene rings is 3. The zero-order valence-electron chi connectivity index (χ0n) is 21.2. The van der Waals surface area contributed by atoms with Crippen molar-refractivity contribution < 1.29 is 18.0 Å². The highest BCUT2D eigenvalue weighted by atomic mass is 35.5. The number of amides is 2.